The number of imidazole rings is 1. The number of para-hydroxylation sites is 1. The van der Waals surface area contributed by atoms with Crippen molar-refractivity contribution in [2.75, 3.05) is 12.4 Å². The number of nitrogens with one attached hydrogen (secondary N) is 1. The first-order valence-corrected chi connectivity index (χ1v) is 8.21. The van der Waals surface area contributed by atoms with Crippen molar-refractivity contribution in [3.63, 3.8) is 0 Å². The first-order chi connectivity index (χ1) is 12.8. The Hall–Kier alpha value is -3.41. The van der Waals surface area contributed by atoms with E-state index in [2.05, 4.69) is 15.3 Å². The van der Waals surface area contributed by atoms with Crippen LogP contribution in [0.15, 0.2) is 67.0 Å². The molecule has 0 spiro atoms. The van der Waals surface area contributed by atoms with Gasteiger partial charge in [-0.2, -0.15) is 0 Å². The van der Waals surface area contributed by atoms with E-state index >= 15 is 0 Å². The number of ether oxygens (including phenoxy) is 1. The molecule has 130 valence electrons. The first kappa shape index (κ1) is 16.1. The average molecular weight is 348 g/mol. The van der Waals surface area contributed by atoms with Gasteiger partial charge in [0.25, 0.3) is 0 Å². The third kappa shape index (κ3) is 2.97. The molecule has 4 aromatic rings. The molecule has 0 aliphatic heterocycles. The number of methoxy groups -OCH3 is 1. The van der Waals surface area contributed by atoms with Crippen LogP contribution in [0.4, 0.5) is 10.2 Å². The van der Waals surface area contributed by atoms with Gasteiger partial charge in [-0.1, -0.05) is 18.2 Å². The van der Waals surface area contributed by atoms with Gasteiger partial charge < -0.3 is 10.1 Å². The molecule has 0 saturated heterocycles. The Morgan fingerprint density at radius 3 is 2.69 bits per heavy atom. The van der Waals surface area contributed by atoms with E-state index in [0.29, 0.717) is 12.3 Å². The number of nitrogens with zero attached hydrogens (tertiary/aromatic N) is 3. The zero-order valence-electron chi connectivity index (χ0n) is 14.2. The zero-order valence-corrected chi connectivity index (χ0v) is 14.2. The largest absolute Gasteiger partial charge is 0.496 e. The third-order valence-corrected chi connectivity index (χ3v) is 4.16. The summed E-state index contributed by atoms with van der Waals surface area (Å²) in [6, 6.07) is 16.0. The van der Waals surface area contributed by atoms with Crippen LogP contribution in [0.2, 0.25) is 0 Å². The lowest BCUT2D eigenvalue weighted by Crippen LogP contribution is -2.05. The molecule has 0 bridgehead atoms. The van der Waals surface area contributed by atoms with Crippen molar-refractivity contribution in [3.05, 3.63) is 78.4 Å². The van der Waals surface area contributed by atoms with Gasteiger partial charge in [0, 0.05) is 30.1 Å². The second-order valence-corrected chi connectivity index (χ2v) is 5.77. The Labute approximate surface area is 150 Å². The lowest BCUT2D eigenvalue weighted by atomic mass is 10.1. The molecular weight excluding hydrogens is 331 g/mol. The SMILES string of the molecule is COc1ccccc1CNc1c(-c2ccc(F)cc2)nc2ncccn12. The molecule has 0 atom stereocenters. The van der Waals surface area contributed by atoms with Gasteiger partial charge in [-0.25, -0.2) is 14.4 Å². The van der Waals surface area contributed by atoms with Crippen LogP contribution in [0.25, 0.3) is 17.0 Å². The fraction of sp³-hybridized carbons (Fsp3) is 0.100. The molecule has 26 heavy (non-hydrogen) atoms. The van der Waals surface area contributed by atoms with E-state index < -0.39 is 0 Å². The molecule has 0 saturated carbocycles. The summed E-state index contributed by atoms with van der Waals surface area (Å²) >= 11 is 0. The highest BCUT2D eigenvalue weighted by Gasteiger charge is 2.15. The Morgan fingerprint density at radius 1 is 1.08 bits per heavy atom. The number of halogens is 1. The lowest BCUT2D eigenvalue weighted by Gasteiger charge is -2.11. The Kier molecular flexibility index (Phi) is 4.23. The molecule has 5 nitrogen and oxygen atoms in total. The number of rotatable bonds is 5. The van der Waals surface area contributed by atoms with E-state index in [1.54, 1.807) is 25.4 Å². The van der Waals surface area contributed by atoms with E-state index in [4.69, 9.17) is 4.74 Å². The first-order valence-electron chi connectivity index (χ1n) is 8.21. The van der Waals surface area contributed by atoms with Crippen molar-refractivity contribution < 1.29 is 9.13 Å². The van der Waals surface area contributed by atoms with E-state index in [9.17, 15) is 4.39 Å². The van der Waals surface area contributed by atoms with Gasteiger partial charge in [0.2, 0.25) is 5.78 Å². The lowest BCUT2D eigenvalue weighted by molar-refractivity contribution is 0.410. The van der Waals surface area contributed by atoms with E-state index in [-0.39, 0.29) is 5.82 Å². The van der Waals surface area contributed by atoms with Gasteiger partial charge >= 0.3 is 0 Å². The number of aromatic nitrogens is 3. The fourth-order valence-electron chi connectivity index (χ4n) is 2.89. The van der Waals surface area contributed by atoms with Gasteiger partial charge in [0.1, 0.15) is 23.1 Å². The summed E-state index contributed by atoms with van der Waals surface area (Å²) in [7, 11) is 1.65. The van der Waals surface area contributed by atoms with Crippen molar-refractivity contribution in [2.24, 2.45) is 0 Å². The van der Waals surface area contributed by atoms with Crippen molar-refractivity contribution in [1.82, 2.24) is 14.4 Å². The highest BCUT2D eigenvalue weighted by Crippen LogP contribution is 2.29. The minimum atomic E-state index is -0.279. The Morgan fingerprint density at radius 2 is 1.88 bits per heavy atom. The summed E-state index contributed by atoms with van der Waals surface area (Å²) in [6.45, 7) is 0.556. The smallest absolute Gasteiger partial charge is 0.235 e. The van der Waals surface area contributed by atoms with Crippen molar-refractivity contribution in [2.45, 2.75) is 6.54 Å². The summed E-state index contributed by atoms with van der Waals surface area (Å²) in [5.41, 5.74) is 2.57. The van der Waals surface area contributed by atoms with Crippen LogP contribution in [-0.4, -0.2) is 21.5 Å². The topological polar surface area (TPSA) is 51.5 Å². The van der Waals surface area contributed by atoms with Crippen LogP contribution >= 0.6 is 0 Å². The fourth-order valence-corrected chi connectivity index (χ4v) is 2.89. The summed E-state index contributed by atoms with van der Waals surface area (Å²) in [6.07, 6.45) is 3.59. The van der Waals surface area contributed by atoms with Gasteiger partial charge in [-0.05, 0) is 36.4 Å². The maximum atomic E-state index is 13.3. The third-order valence-electron chi connectivity index (χ3n) is 4.16. The number of benzene rings is 2. The number of fused-ring (bicyclic) bond motifs is 1. The maximum Gasteiger partial charge on any atom is 0.235 e. The summed E-state index contributed by atoms with van der Waals surface area (Å²) in [5.74, 6) is 1.91. The highest BCUT2D eigenvalue weighted by atomic mass is 19.1. The van der Waals surface area contributed by atoms with Gasteiger partial charge in [-0.3, -0.25) is 4.40 Å². The normalized spacial score (nSPS) is 10.8. The minimum absolute atomic E-state index is 0.279. The number of hydrogen-bond acceptors (Lipinski definition) is 4. The molecule has 0 amide bonds. The highest BCUT2D eigenvalue weighted by molar-refractivity contribution is 5.75. The molecule has 2 heterocycles. The van der Waals surface area contributed by atoms with Crippen molar-refractivity contribution in [1.29, 1.82) is 0 Å². The second-order valence-electron chi connectivity index (χ2n) is 5.77. The van der Waals surface area contributed by atoms with Crippen LogP contribution in [0.5, 0.6) is 5.75 Å². The number of hydrogen-bond donors (Lipinski definition) is 1. The molecule has 2 aromatic heterocycles. The maximum absolute atomic E-state index is 13.3. The molecule has 0 unspecified atom stereocenters. The molecule has 6 heteroatoms. The van der Waals surface area contributed by atoms with Crippen molar-refractivity contribution >= 4 is 11.6 Å². The molecule has 0 radical (unpaired) electrons. The Balaban J connectivity index is 1.75. The summed E-state index contributed by atoms with van der Waals surface area (Å²) < 4.78 is 20.6. The Bertz CT molecular complexity index is 1040. The van der Waals surface area contributed by atoms with Crippen molar-refractivity contribution in [3.8, 4) is 17.0 Å². The predicted molar refractivity (Wildman–Crippen MR) is 98.7 cm³/mol. The van der Waals surface area contributed by atoms with Crippen LogP contribution in [0, 0.1) is 5.82 Å². The molecule has 0 aliphatic carbocycles. The quantitative estimate of drug-likeness (QED) is 0.588. The number of anilines is 1. The monoisotopic (exact) mass is 348 g/mol. The molecule has 0 aliphatic rings. The molecular formula is C20H17FN4O. The minimum Gasteiger partial charge on any atom is -0.496 e. The van der Waals surface area contributed by atoms with E-state index in [1.807, 2.05) is 40.9 Å². The van der Waals surface area contributed by atoms with E-state index in [1.165, 1.54) is 12.1 Å². The molecule has 0 fully saturated rings. The average Bonchev–Trinajstić information content (AvgIpc) is 3.05. The van der Waals surface area contributed by atoms with E-state index in [0.717, 1.165) is 28.4 Å². The summed E-state index contributed by atoms with van der Waals surface area (Å²) in [4.78, 5) is 8.91. The second kappa shape index (κ2) is 6.84. The molecule has 4 rings (SSSR count). The van der Waals surface area contributed by atoms with Crippen LogP contribution in [0.3, 0.4) is 0 Å². The van der Waals surface area contributed by atoms with Gasteiger partial charge in [0.15, 0.2) is 0 Å². The van der Waals surface area contributed by atoms with Crippen LogP contribution < -0.4 is 10.1 Å². The predicted octanol–water partition coefficient (Wildman–Crippen LogP) is 4.16. The molecule has 2 aromatic carbocycles. The van der Waals surface area contributed by atoms with Gasteiger partial charge in [-0.15, -0.1) is 0 Å². The molecule has 1 N–H and O–H groups in total. The van der Waals surface area contributed by atoms with Crippen LogP contribution in [0.1, 0.15) is 5.56 Å². The summed E-state index contributed by atoms with van der Waals surface area (Å²) in [5, 5.41) is 3.43. The van der Waals surface area contributed by atoms with Crippen LogP contribution in [-0.2, 0) is 6.54 Å². The standard InChI is InChI=1S/C20H17FN4O/c1-26-17-6-3-2-5-15(17)13-23-19-18(14-7-9-16(21)10-8-14)24-20-22-11-4-12-25(19)20/h2-12,23H,13H2,1H3. The van der Waals surface area contributed by atoms with Gasteiger partial charge in [0.05, 0.1) is 7.11 Å². The zero-order chi connectivity index (χ0) is 17.9.